The van der Waals surface area contributed by atoms with Gasteiger partial charge in [0.2, 0.25) is 0 Å². The van der Waals surface area contributed by atoms with Crippen LogP contribution in [0.5, 0.6) is 0 Å². The summed E-state index contributed by atoms with van der Waals surface area (Å²) < 4.78 is 0. The number of nitrogens with zero attached hydrogens (tertiary/aromatic N) is 2. The molecule has 0 N–H and O–H groups in total. The van der Waals surface area contributed by atoms with Crippen molar-refractivity contribution in [2.75, 3.05) is 14.1 Å². The Morgan fingerprint density at radius 2 is 0.789 bits per heavy atom. The first-order valence-electron chi connectivity index (χ1n) is 8.19. The van der Waals surface area contributed by atoms with Crippen molar-refractivity contribution in [1.82, 2.24) is 9.80 Å². The van der Waals surface area contributed by atoms with E-state index in [9.17, 15) is 0 Å². The molecular weight excluding hydrogens is 256 g/mol. The lowest BCUT2D eigenvalue weighted by atomic mass is 10.0. The molecule has 4 aliphatic heterocycles. The van der Waals surface area contributed by atoms with E-state index in [2.05, 4.69) is 23.9 Å². The molecule has 19 heavy (non-hydrogen) atoms. The fraction of sp³-hybridized carbons (Fsp3) is 1.00. The fourth-order valence-electron chi connectivity index (χ4n) is 4.75. The quantitative estimate of drug-likeness (QED) is 0.670. The Balaban J connectivity index is 0.000000133. The molecule has 0 aromatic rings. The van der Waals surface area contributed by atoms with Gasteiger partial charge < -0.3 is 9.80 Å². The van der Waals surface area contributed by atoms with Crippen molar-refractivity contribution in [2.24, 2.45) is 0 Å². The zero-order valence-electron chi connectivity index (χ0n) is 12.7. The number of rotatable bonds is 0. The molecule has 0 amide bonds. The van der Waals surface area contributed by atoms with Crippen molar-refractivity contribution < 1.29 is 0 Å². The molecule has 0 aliphatic carbocycles. The van der Waals surface area contributed by atoms with Crippen LogP contribution < -0.4 is 0 Å². The van der Waals surface area contributed by atoms with Gasteiger partial charge in [-0.25, -0.2) is 0 Å². The van der Waals surface area contributed by atoms with Crippen LogP contribution in [-0.2, 0) is 0 Å². The Hall–Kier alpha value is 0.210. The summed E-state index contributed by atoms with van der Waals surface area (Å²) in [6, 6.07) is 3.85. The Bertz CT molecular complexity index is 224. The smallest absolute Gasteiger partial charge is 0.00957 e. The zero-order valence-corrected chi connectivity index (χ0v) is 13.5. The number of fused-ring (bicyclic) bond motifs is 4. The number of hydrogen-bond donors (Lipinski definition) is 0. The lowest BCUT2D eigenvalue weighted by Crippen LogP contribution is -2.35. The molecule has 4 aliphatic rings. The molecule has 112 valence electrons. The minimum Gasteiger partial charge on any atom is -0.300 e. The zero-order chi connectivity index (χ0) is 12.5. The van der Waals surface area contributed by atoms with Crippen LogP contribution in [0, 0.1) is 0 Å². The monoisotopic (exact) mass is 286 g/mol. The molecule has 4 rings (SSSR count). The van der Waals surface area contributed by atoms with Gasteiger partial charge in [-0.05, 0) is 65.5 Å². The summed E-state index contributed by atoms with van der Waals surface area (Å²) in [5, 5.41) is 0. The number of hydrogen-bond acceptors (Lipinski definition) is 2. The van der Waals surface area contributed by atoms with Gasteiger partial charge in [0.05, 0.1) is 0 Å². The van der Waals surface area contributed by atoms with Crippen LogP contribution in [0.2, 0.25) is 0 Å². The second-order valence-electron chi connectivity index (χ2n) is 6.96. The molecule has 4 atom stereocenters. The summed E-state index contributed by atoms with van der Waals surface area (Å²) in [6.45, 7) is 0. The average Bonchev–Trinajstić information content (AvgIpc) is 2.77. The predicted molar refractivity (Wildman–Crippen MR) is 84.1 cm³/mol. The van der Waals surface area contributed by atoms with E-state index in [1.807, 2.05) is 0 Å². The molecule has 0 aromatic heterocycles. The van der Waals surface area contributed by atoms with E-state index in [1.54, 1.807) is 0 Å². The van der Waals surface area contributed by atoms with Gasteiger partial charge in [-0.1, -0.05) is 12.8 Å². The Labute approximate surface area is 125 Å². The normalized spacial score (nSPS) is 41.4. The molecule has 0 spiro atoms. The maximum absolute atomic E-state index is 2.59. The fourth-order valence-corrected chi connectivity index (χ4v) is 4.75. The SMILES string of the molecule is CN1[C@@H]2CCC[C@H]1CC2.CN1[C@@H]2CCC[C@H]1CC2.Cl. The van der Waals surface area contributed by atoms with Crippen molar-refractivity contribution >= 4 is 12.4 Å². The van der Waals surface area contributed by atoms with Gasteiger partial charge in [0.15, 0.2) is 0 Å². The molecule has 0 radical (unpaired) electrons. The van der Waals surface area contributed by atoms with E-state index in [0.717, 1.165) is 24.2 Å². The highest BCUT2D eigenvalue weighted by molar-refractivity contribution is 5.85. The minimum absolute atomic E-state index is 0. The molecule has 4 heterocycles. The summed E-state index contributed by atoms with van der Waals surface area (Å²) in [6.07, 6.45) is 14.7. The summed E-state index contributed by atoms with van der Waals surface area (Å²) in [7, 11) is 4.59. The first-order valence-corrected chi connectivity index (χ1v) is 8.19. The van der Waals surface area contributed by atoms with Gasteiger partial charge >= 0.3 is 0 Å². The predicted octanol–water partition coefficient (Wildman–Crippen LogP) is 3.69. The van der Waals surface area contributed by atoms with Crippen LogP contribution in [0.25, 0.3) is 0 Å². The Morgan fingerprint density at radius 3 is 1.00 bits per heavy atom. The second kappa shape index (κ2) is 6.78. The second-order valence-corrected chi connectivity index (χ2v) is 6.96. The lowest BCUT2D eigenvalue weighted by molar-refractivity contribution is 0.179. The van der Waals surface area contributed by atoms with Crippen LogP contribution in [0.1, 0.15) is 64.2 Å². The van der Waals surface area contributed by atoms with E-state index >= 15 is 0 Å². The first kappa shape index (κ1) is 15.6. The highest BCUT2D eigenvalue weighted by Gasteiger charge is 2.33. The molecule has 2 nitrogen and oxygen atoms in total. The van der Waals surface area contributed by atoms with Gasteiger partial charge in [0, 0.05) is 24.2 Å². The Morgan fingerprint density at radius 1 is 0.526 bits per heavy atom. The summed E-state index contributed by atoms with van der Waals surface area (Å²) in [5.41, 5.74) is 0. The maximum atomic E-state index is 2.59. The van der Waals surface area contributed by atoms with Crippen molar-refractivity contribution in [3.8, 4) is 0 Å². The van der Waals surface area contributed by atoms with Crippen LogP contribution >= 0.6 is 12.4 Å². The van der Waals surface area contributed by atoms with E-state index in [1.165, 1.54) is 64.2 Å². The highest BCUT2D eigenvalue weighted by Crippen LogP contribution is 2.34. The maximum Gasteiger partial charge on any atom is 0.00957 e. The highest BCUT2D eigenvalue weighted by atomic mass is 35.5. The standard InChI is InChI=1S/2C8H15N.ClH/c2*1-9-7-3-2-4-8(9)6-5-7;/h2*7-8H,2-6H2,1H3;1H/t2*7-,8+;. The third-order valence-corrected chi connectivity index (χ3v) is 6.12. The molecule has 0 aromatic carbocycles. The minimum atomic E-state index is 0. The largest absolute Gasteiger partial charge is 0.300 e. The van der Waals surface area contributed by atoms with Crippen molar-refractivity contribution in [3.05, 3.63) is 0 Å². The average molecular weight is 287 g/mol. The summed E-state index contributed by atoms with van der Waals surface area (Å²) in [5.74, 6) is 0. The van der Waals surface area contributed by atoms with Crippen LogP contribution in [0.4, 0.5) is 0 Å². The first-order chi connectivity index (χ1) is 8.75. The van der Waals surface area contributed by atoms with Gasteiger partial charge in [-0.15, -0.1) is 12.4 Å². The van der Waals surface area contributed by atoms with E-state index in [4.69, 9.17) is 0 Å². The number of piperidine rings is 2. The summed E-state index contributed by atoms with van der Waals surface area (Å²) in [4.78, 5) is 5.17. The van der Waals surface area contributed by atoms with Crippen LogP contribution in [0.3, 0.4) is 0 Å². The molecule has 4 fully saturated rings. The van der Waals surface area contributed by atoms with Gasteiger partial charge in [-0.2, -0.15) is 0 Å². The van der Waals surface area contributed by atoms with Gasteiger partial charge in [-0.3, -0.25) is 0 Å². The van der Waals surface area contributed by atoms with E-state index in [0.29, 0.717) is 0 Å². The molecule has 4 bridgehead atoms. The van der Waals surface area contributed by atoms with Crippen LogP contribution in [-0.4, -0.2) is 48.1 Å². The molecule has 0 unspecified atom stereocenters. The van der Waals surface area contributed by atoms with Gasteiger partial charge in [0.1, 0.15) is 0 Å². The van der Waals surface area contributed by atoms with E-state index in [-0.39, 0.29) is 12.4 Å². The topological polar surface area (TPSA) is 6.48 Å². The van der Waals surface area contributed by atoms with Crippen molar-refractivity contribution in [1.29, 1.82) is 0 Å². The summed E-state index contributed by atoms with van der Waals surface area (Å²) >= 11 is 0. The molecular formula is C16H31ClN2. The van der Waals surface area contributed by atoms with Crippen LogP contribution in [0.15, 0.2) is 0 Å². The number of halogens is 1. The Kier molecular flexibility index (Phi) is 5.56. The van der Waals surface area contributed by atoms with E-state index < -0.39 is 0 Å². The van der Waals surface area contributed by atoms with Crippen molar-refractivity contribution in [2.45, 2.75) is 88.4 Å². The van der Waals surface area contributed by atoms with Gasteiger partial charge in [0.25, 0.3) is 0 Å². The molecule has 4 saturated heterocycles. The lowest BCUT2D eigenvalue weighted by Gasteiger charge is -2.30. The third kappa shape index (κ3) is 3.28. The molecule has 0 saturated carbocycles. The third-order valence-electron chi connectivity index (χ3n) is 6.12. The van der Waals surface area contributed by atoms with Crippen molar-refractivity contribution in [3.63, 3.8) is 0 Å². The molecule has 3 heteroatoms.